The molecule has 0 bridgehead atoms. The summed E-state index contributed by atoms with van der Waals surface area (Å²) in [6.07, 6.45) is 0. The van der Waals surface area contributed by atoms with E-state index >= 15 is 0 Å². The molecular formula is C57H40N2. The normalized spacial score (nSPS) is 13.1. The van der Waals surface area contributed by atoms with Crippen LogP contribution in [0.4, 0.5) is 17.1 Å². The number of hydrogen-bond donors (Lipinski definition) is 0. The molecule has 1 aliphatic rings. The van der Waals surface area contributed by atoms with Crippen molar-refractivity contribution < 1.29 is 0 Å². The Morgan fingerprint density at radius 3 is 1.61 bits per heavy atom. The molecule has 2 heterocycles. The zero-order chi connectivity index (χ0) is 39.2. The van der Waals surface area contributed by atoms with E-state index in [2.05, 4.69) is 229 Å². The minimum Gasteiger partial charge on any atom is -0.310 e. The SMILES string of the molecule is CC1(C)c2ccccc2-c2ccc(N(c3ccc(-c4ccccc4)cc3)c3ccc(-c4cccc(-c5ccc6c7cccc8c9ccccc9n(c6c5)c87)c4)cc3)cc21. The first-order valence-corrected chi connectivity index (χ1v) is 20.6. The predicted molar refractivity (Wildman–Crippen MR) is 250 cm³/mol. The number of para-hydroxylation sites is 2. The number of hydrogen-bond acceptors (Lipinski definition) is 1. The molecule has 0 atom stereocenters. The molecule has 1 aliphatic carbocycles. The van der Waals surface area contributed by atoms with Gasteiger partial charge in [-0.25, -0.2) is 0 Å². The smallest absolute Gasteiger partial charge is 0.0620 e. The van der Waals surface area contributed by atoms with Crippen molar-refractivity contribution in [3.8, 4) is 44.5 Å². The van der Waals surface area contributed by atoms with Crippen molar-refractivity contribution in [2.45, 2.75) is 19.3 Å². The number of rotatable bonds is 6. The molecule has 0 amide bonds. The van der Waals surface area contributed by atoms with Crippen LogP contribution < -0.4 is 4.90 Å². The van der Waals surface area contributed by atoms with Gasteiger partial charge in [0.1, 0.15) is 0 Å². The quantitative estimate of drug-likeness (QED) is 0.164. The first-order valence-electron chi connectivity index (χ1n) is 20.6. The van der Waals surface area contributed by atoms with Crippen LogP contribution in [-0.2, 0) is 5.41 Å². The van der Waals surface area contributed by atoms with Crippen LogP contribution in [0.5, 0.6) is 0 Å². The second-order valence-corrected chi connectivity index (χ2v) is 16.6. The van der Waals surface area contributed by atoms with Crippen LogP contribution in [0, 0.1) is 0 Å². The van der Waals surface area contributed by atoms with E-state index in [4.69, 9.17) is 0 Å². The van der Waals surface area contributed by atoms with Gasteiger partial charge >= 0.3 is 0 Å². The lowest BCUT2D eigenvalue weighted by Crippen LogP contribution is -2.16. The fourth-order valence-electron chi connectivity index (χ4n) is 10.0. The third-order valence-corrected chi connectivity index (χ3v) is 12.9. The van der Waals surface area contributed by atoms with E-state index in [1.54, 1.807) is 0 Å². The Bertz CT molecular complexity index is 3390. The largest absolute Gasteiger partial charge is 0.310 e. The summed E-state index contributed by atoms with van der Waals surface area (Å²) in [7, 11) is 0. The number of nitrogens with zero attached hydrogens (tertiary/aromatic N) is 2. The van der Waals surface area contributed by atoms with Crippen LogP contribution >= 0.6 is 0 Å². The summed E-state index contributed by atoms with van der Waals surface area (Å²) in [5.41, 5.74) is 19.8. The van der Waals surface area contributed by atoms with E-state index < -0.39 is 0 Å². The van der Waals surface area contributed by atoms with Gasteiger partial charge < -0.3 is 9.30 Å². The van der Waals surface area contributed by atoms with Crippen LogP contribution in [0.15, 0.2) is 206 Å². The molecule has 0 fully saturated rings. The van der Waals surface area contributed by atoms with Crippen molar-refractivity contribution in [2.75, 3.05) is 4.90 Å². The predicted octanol–water partition coefficient (Wildman–Crippen LogP) is 15.6. The zero-order valence-electron chi connectivity index (χ0n) is 33.0. The van der Waals surface area contributed by atoms with Gasteiger partial charge in [0.05, 0.1) is 16.6 Å². The second-order valence-electron chi connectivity index (χ2n) is 16.6. The molecule has 2 heteroatoms. The molecule has 11 aromatic rings. The highest BCUT2D eigenvalue weighted by atomic mass is 15.1. The van der Waals surface area contributed by atoms with Gasteiger partial charge in [0.2, 0.25) is 0 Å². The van der Waals surface area contributed by atoms with Crippen LogP contribution in [0.25, 0.3) is 82.6 Å². The van der Waals surface area contributed by atoms with Crippen LogP contribution in [0.1, 0.15) is 25.0 Å². The van der Waals surface area contributed by atoms with Gasteiger partial charge in [-0.15, -0.1) is 0 Å². The van der Waals surface area contributed by atoms with Gasteiger partial charge in [0, 0.05) is 44.0 Å². The Hall–Kier alpha value is -7.42. The fraction of sp³-hybridized carbons (Fsp3) is 0.0526. The molecule has 0 saturated heterocycles. The van der Waals surface area contributed by atoms with Gasteiger partial charge in [-0.3, -0.25) is 0 Å². The summed E-state index contributed by atoms with van der Waals surface area (Å²) >= 11 is 0. The first kappa shape index (κ1) is 33.7. The molecule has 2 aromatic heterocycles. The van der Waals surface area contributed by atoms with Gasteiger partial charge in [0.25, 0.3) is 0 Å². The van der Waals surface area contributed by atoms with Crippen molar-refractivity contribution in [1.82, 2.24) is 4.40 Å². The molecule has 59 heavy (non-hydrogen) atoms. The molecule has 12 rings (SSSR count). The lowest BCUT2D eigenvalue weighted by atomic mass is 9.82. The standard InChI is InChI=1S/C57H40N2/c1-57(2)52-20-8-6-16-46(52)47-33-31-45(36-53(47)57)58(43-27-22-38(23-28-43)37-12-4-3-5-13-37)44-29-24-39(25-30-44)40-14-10-15-41(34-40)42-26-32-49-51-19-11-18-50-48-17-7-9-21-54(48)59(56(50)51)55(49)35-42/h3-36H,1-2H3. The lowest BCUT2D eigenvalue weighted by Gasteiger charge is -2.28. The molecular weight excluding hydrogens is 713 g/mol. The Morgan fingerprint density at radius 2 is 0.847 bits per heavy atom. The first-order chi connectivity index (χ1) is 29.0. The van der Waals surface area contributed by atoms with E-state index in [0.29, 0.717) is 0 Å². The highest BCUT2D eigenvalue weighted by molar-refractivity contribution is 6.23. The Labute approximate surface area is 344 Å². The van der Waals surface area contributed by atoms with E-state index in [-0.39, 0.29) is 5.41 Å². The van der Waals surface area contributed by atoms with E-state index in [0.717, 1.165) is 17.1 Å². The fourth-order valence-corrected chi connectivity index (χ4v) is 10.0. The summed E-state index contributed by atoms with van der Waals surface area (Å²) < 4.78 is 2.46. The van der Waals surface area contributed by atoms with Crippen LogP contribution in [-0.4, -0.2) is 4.40 Å². The molecule has 0 radical (unpaired) electrons. The summed E-state index contributed by atoms with van der Waals surface area (Å²) in [5, 5.41) is 5.22. The minimum absolute atomic E-state index is 0.0929. The van der Waals surface area contributed by atoms with Crippen molar-refractivity contribution in [3.05, 3.63) is 217 Å². The molecule has 0 saturated carbocycles. The Kier molecular flexibility index (Phi) is 7.31. The summed E-state index contributed by atoms with van der Waals surface area (Å²) in [6, 6.07) is 76.0. The van der Waals surface area contributed by atoms with Crippen molar-refractivity contribution in [1.29, 1.82) is 0 Å². The molecule has 9 aromatic carbocycles. The number of anilines is 3. The Morgan fingerprint density at radius 1 is 0.339 bits per heavy atom. The molecule has 2 nitrogen and oxygen atoms in total. The molecule has 278 valence electrons. The highest BCUT2D eigenvalue weighted by Gasteiger charge is 2.35. The monoisotopic (exact) mass is 752 g/mol. The lowest BCUT2D eigenvalue weighted by molar-refractivity contribution is 0.660. The average Bonchev–Trinajstić information content (AvgIpc) is 3.90. The maximum Gasteiger partial charge on any atom is 0.0620 e. The van der Waals surface area contributed by atoms with Gasteiger partial charge in [-0.2, -0.15) is 0 Å². The Balaban J connectivity index is 0.930. The molecule has 0 N–H and O–H groups in total. The van der Waals surface area contributed by atoms with E-state index in [9.17, 15) is 0 Å². The number of benzene rings is 9. The van der Waals surface area contributed by atoms with Crippen molar-refractivity contribution >= 4 is 55.2 Å². The summed E-state index contributed by atoms with van der Waals surface area (Å²) in [6.45, 7) is 4.71. The summed E-state index contributed by atoms with van der Waals surface area (Å²) in [4.78, 5) is 2.40. The van der Waals surface area contributed by atoms with Crippen LogP contribution in [0.3, 0.4) is 0 Å². The van der Waals surface area contributed by atoms with Gasteiger partial charge in [0.15, 0.2) is 0 Å². The number of fused-ring (bicyclic) bond motifs is 9. The van der Waals surface area contributed by atoms with Crippen molar-refractivity contribution in [2.24, 2.45) is 0 Å². The maximum absolute atomic E-state index is 2.46. The van der Waals surface area contributed by atoms with E-state index in [1.807, 2.05) is 0 Å². The summed E-state index contributed by atoms with van der Waals surface area (Å²) in [5.74, 6) is 0. The zero-order valence-corrected chi connectivity index (χ0v) is 33.0. The third kappa shape index (κ3) is 5.13. The van der Waals surface area contributed by atoms with Crippen molar-refractivity contribution in [3.63, 3.8) is 0 Å². The maximum atomic E-state index is 2.46. The van der Waals surface area contributed by atoms with Crippen LogP contribution in [0.2, 0.25) is 0 Å². The minimum atomic E-state index is -0.0929. The highest BCUT2D eigenvalue weighted by Crippen LogP contribution is 2.51. The average molecular weight is 753 g/mol. The second kappa shape index (κ2) is 12.8. The van der Waals surface area contributed by atoms with E-state index in [1.165, 1.54) is 93.7 Å². The topological polar surface area (TPSA) is 7.65 Å². The van der Waals surface area contributed by atoms with Gasteiger partial charge in [-0.1, -0.05) is 166 Å². The molecule has 0 aliphatic heterocycles. The van der Waals surface area contributed by atoms with Gasteiger partial charge in [-0.05, 0) is 110 Å². The number of aromatic nitrogens is 1. The molecule has 0 spiro atoms. The third-order valence-electron chi connectivity index (χ3n) is 12.9. The molecule has 0 unspecified atom stereocenters.